The Morgan fingerprint density at radius 3 is 2.30 bits per heavy atom. The van der Waals surface area contributed by atoms with Crippen molar-refractivity contribution in [1.29, 1.82) is 0 Å². The van der Waals surface area contributed by atoms with Crippen molar-refractivity contribution in [3.63, 3.8) is 0 Å². The van der Waals surface area contributed by atoms with Crippen LogP contribution in [0.25, 0.3) is 10.8 Å². The van der Waals surface area contributed by atoms with Gasteiger partial charge in [-0.25, -0.2) is 0 Å². The number of benzene rings is 2. The number of fused-ring (bicyclic) bond motifs is 1. The normalized spacial score (nSPS) is 10.7. The summed E-state index contributed by atoms with van der Waals surface area (Å²) in [5, 5.41) is 2.01. The van der Waals surface area contributed by atoms with Crippen LogP contribution in [0.15, 0.2) is 30.3 Å². The molecule has 0 amide bonds. The van der Waals surface area contributed by atoms with Gasteiger partial charge in [0.25, 0.3) is 0 Å². The quantitative estimate of drug-likeness (QED) is 0.459. The Kier molecular flexibility index (Phi) is 6.45. The summed E-state index contributed by atoms with van der Waals surface area (Å²) in [7, 11) is 0. The van der Waals surface area contributed by atoms with Crippen LogP contribution in [-0.4, -0.2) is 19.0 Å². The van der Waals surface area contributed by atoms with Crippen LogP contribution in [0, 0.1) is 0 Å². The van der Waals surface area contributed by atoms with E-state index in [4.69, 9.17) is 9.47 Å². The van der Waals surface area contributed by atoms with Gasteiger partial charge in [-0.15, -0.1) is 0 Å². The van der Waals surface area contributed by atoms with E-state index in [2.05, 4.69) is 13.8 Å². The third-order valence-electron chi connectivity index (χ3n) is 3.83. The van der Waals surface area contributed by atoms with E-state index in [0.29, 0.717) is 17.9 Å². The second kappa shape index (κ2) is 8.56. The summed E-state index contributed by atoms with van der Waals surface area (Å²) in [5.41, 5.74) is 0.647. The highest BCUT2D eigenvalue weighted by atomic mass is 16.5. The van der Waals surface area contributed by atoms with E-state index in [1.54, 1.807) is 6.92 Å². The molecule has 0 unspecified atom stereocenters. The molecule has 0 radical (unpaired) electrons. The summed E-state index contributed by atoms with van der Waals surface area (Å²) in [6.45, 7) is 7.21. The largest absolute Gasteiger partial charge is 0.494 e. The predicted octanol–water partition coefficient (Wildman–Crippen LogP) is 5.40. The van der Waals surface area contributed by atoms with Gasteiger partial charge in [0.2, 0.25) is 0 Å². The van der Waals surface area contributed by atoms with E-state index >= 15 is 0 Å². The topological polar surface area (TPSA) is 35.5 Å². The van der Waals surface area contributed by atoms with E-state index in [9.17, 15) is 4.79 Å². The number of unbranched alkanes of at least 4 members (excludes halogenated alkanes) is 2. The molecule has 0 aliphatic heterocycles. The number of hydrogen-bond acceptors (Lipinski definition) is 3. The third kappa shape index (κ3) is 4.47. The number of ketones is 1. The molecule has 0 fully saturated rings. The van der Waals surface area contributed by atoms with Crippen molar-refractivity contribution in [2.24, 2.45) is 0 Å². The number of carbonyl (C=O) groups is 1. The molecule has 0 N–H and O–H groups in total. The summed E-state index contributed by atoms with van der Waals surface area (Å²) >= 11 is 0. The first-order valence-corrected chi connectivity index (χ1v) is 8.50. The number of rotatable bonds is 9. The molecule has 2 aromatic rings. The van der Waals surface area contributed by atoms with Crippen LogP contribution in [0.2, 0.25) is 0 Å². The van der Waals surface area contributed by atoms with E-state index in [-0.39, 0.29) is 5.78 Å². The molecule has 0 saturated carbocycles. The van der Waals surface area contributed by atoms with Crippen molar-refractivity contribution in [3.05, 3.63) is 35.9 Å². The summed E-state index contributed by atoms with van der Waals surface area (Å²) in [4.78, 5) is 11.9. The first-order chi connectivity index (χ1) is 11.2. The Bertz CT molecular complexity index is 661. The van der Waals surface area contributed by atoms with Crippen molar-refractivity contribution in [2.75, 3.05) is 13.2 Å². The summed E-state index contributed by atoms with van der Waals surface area (Å²) in [6, 6.07) is 9.77. The summed E-state index contributed by atoms with van der Waals surface area (Å²) < 4.78 is 11.7. The van der Waals surface area contributed by atoms with Crippen LogP contribution in [0.5, 0.6) is 11.5 Å². The van der Waals surface area contributed by atoms with Crippen molar-refractivity contribution in [3.8, 4) is 11.5 Å². The van der Waals surface area contributed by atoms with Crippen molar-refractivity contribution < 1.29 is 14.3 Å². The molecule has 124 valence electrons. The highest BCUT2D eigenvalue weighted by Gasteiger charge is 2.13. The Hall–Kier alpha value is -2.03. The fourth-order valence-corrected chi connectivity index (χ4v) is 2.45. The van der Waals surface area contributed by atoms with E-state index in [1.807, 2.05) is 30.3 Å². The first kappa shape index (κ1) is 17.3. The average Bonchev–Trinajstić information content (AvgIpc) is 2.55. The van der Waals surface area contributed by atoms with Gasteiger partial charge in [0.15, 0.2) is 5.78 Å². The molecule has 2 aromatic carbocycles. The van der Waals surface area contributed by atoms with E-state index in [0.717, 1.165) is 48.8 Å². The number of carbonyl (C=O) groups excluding carboxylic acids is 1. The van der Waals surface area contributed by atoms with Gasteiger partial charge in [0.05, 0.1) is 18.8 Å². The molecule has 0 bridgehead atoms. The maximum Gasteiger partial charge on any atom is 0.163 e. The second-order valence-electron chi connectivity index (χ2n) is 5.79. The fourth-order valence-electron chi connectivity index (χ4n) is 2.45. The van der Waals surface area contributed by atoms with Crippen LogP contribution >= 0.6 is 0 Å². The Labute approximate surface area is 138 Å². The lowest BCUT2D eigenvalue weighted by atomic mass is 10.0. The maximum atomic E-state index is 11.9. The third-order valence-corrected chi connectivity index (χ3v) is 3.83. The zero-order valence-corrected chi connectivity index (χ0v) is 14.4. The molecule has 0 aliphatic carbocycles. The Morgan fingerprint density at radius 2 is 1.65 bits per heavy atom. The Morgan fingerprint density at radius 1 is 0.957 bits per heavy atom. The van der Waals surface area contributed by atoms with Crippen LogP contribution in [0.1, 0.15) is 56.8 Å². The minimum atomic E-state index is 0.0293. The highest BCUT2D eigenvalue weighted by Crippen LogP contribution is 2.33. The van der Waals surface area contributed by atoms with Gasteiger partial charge in [0, 0.05) is 5.39 Å². The SMILES string of the molecule is CCCCOc1ccc2c(OCCCC)c(C(C)=O)ccc2c1. The van der Waals surface area contributed by atoms with Gasteiger partial charge < -0.3 is 9.47 Å². The number of hydrogen-bond donors (Lipinski definition) is 0. The number of ether oxygens (including phenoxy) is 2. The molecule has 0 aromatic heterocycles. The zero-order valence-electron chi connectivity index (χ0n) is 14.4. The van der Waals surface area contributed by atoms with Crippen LogP contribution in [0.3, 0.4) is 0 Å². The lowest BCUT2D eigenvalue weighted by Gasteiger charge is -2.14. The molecule has 0 spiro atoms. The van der Waals surface area contributed by atoms with Crippen molar-refractivity contribution >= 4 is 16.6 Å². The van der Waals surface area contributed by atoms with Crippen molar-refractivity contribution in [2.45, 2.75) is 46.5 Å². The van der Waals surface area contributed by atoms with Crippen LogP contribution in [-0.2, 0) is 0 Å². The lowest BCUT2D eigenvalue weighted by molar-refractivity contribution is 0.101. The highest BCUT2D eigenvalue weighted by molar-refractivity contribution is 6.04. The maximum absolute atomic E-state index is 11.9. The lowest BCUT2D eigenvalue weighted by Crippen LogP contribution is -2.03. The molecule has 0 saturated heterocycles. The van der Waals surface area contributed by atoms with Crippen molar-refractivity contribution in [1.82, 2.24) is 0 Å². The van der Waals surface area contributed by atoms with Gasteiger partial charge >= 0.3 is 0 Å². The van der Waals surface area contributed by atoms with Crippen LogP contribution < -0.4 is 9.47 Å². The van der Waals surface area contributed by atoms with E-state index < -0.39 is 0 Å². The standard InChI is InChI=1S/C20H26O3/c1-4-6-12-22-17-9-11-19-16(14-17)8-10-18(15(3)21)20(19)23-13-7-5-2/h8-11,14H,4-7,12-13H2,1-3H3. The van der Waals surface area contributed by atoms with E-state index in [1.165, 1.54) is 0 Å². The molecular weight excluding hydrogens is 288 g/mol. The molecule has 0 heterocycles. The zero-order chi connectivity index (χ0) is 16.7. The monoisotopic (exact) mass is 314 g/mol. The molecule has 3 nitrogen and oxygen atoms in total. The van der Waals surface area contributed by atoms with Crippen LogP contribution in [0.4, 0.5) is 0 Å². The minimum absolute atomic E-state index is 0.0293. The molecule has 0 aliphatic rings. The van der Waals surface area contributed by atoms with Gasteiger partial charge in [-0.05, 0) is 49.4 Å². The van der Waals surface area contributed by atoms with Gasteiger partial charge in [-0.1, -0.05) is 32.8 Å². The molecule has 2 rings (SSSR count). The fraction of sp³-hybridized carbons (Fsp3) is 0.450. The first-order valence-electron chi connectivity index (χ1n) is 8.50. The Balaban J connectivity index is 2.34. The summed E-state index contributed by atoms with van der Waals surface area (Å²) in [5.74, 6) is 1.59. The molecule has 0 atom stereocenters. The molecule has 23 heavy (non-hydrogen) atoms. The summed E-state index contributed by atoms with van der Waals surface area (Å²) in [6.07, 6.45) is 4.21. The van der Waals surface area contributed by atoms with Gasteiger partial charge in [-0.2, -0.15) is 0 Å². The number of Topliss-reactive ketones (excluding diaryl/α,β-unsaturated/α-hetero) is 1. The molecule has 3 heteroatoms. The molecular formula is C20H26O3. The minimum Gasteiger partial charge on any atom is -0.494 e. The average molecular weight is 314 g/mol. The smallest absolute Gasteiger partial charge is 0.163 e. The van der Waals surface area contributed by atoms with Gasteiger partial charge in [0.1, 0.15) is 11.5 Å². The second-order valence-corrected chi connectivity index (χ2v) is 5.79. The van der Waals surface area contributed by atoms with Gasteiger partial charge in [-0.3, -0.25) is 4.79 Å². The predicted molar refractivity (Wildman–Crippen MR) is 94.8 cm³/mol.